The van der Waals surface area contributed by atoms with Crippen LogP contribution in [0.5, 0.6) is 0 Å². The van der Waals surface area contributed by atoms with Gasteiger partial charge in [-0.15, -0.1) is 5.10 Å². The first kappa shape index (κ1) is 9.61. The Labute approximate surface area is 83.9 Å². The molecule has 2 N–H and O–H groups in total. The number of aromatic nitrogens is 3. The summed E-state index contributed by atoms with van der Waals surface area (Å²) in [7, 11) is 1.92. The molecule has 0 aromatic carbocycles. The molecule has 78 valence electrons. The average molecular weight is 195 g/mol. The third kappa shape index (κ3) is 2.10. The largest absolute Gasteiger partial charge is 0.327 e. The Bertz CT molecular complexity index is 295. The topological polar surface area (TPSA) is 60.0 Å². The highest BCUT2D eigenvalue weighted by molar-refractivity contribution is 4.94. The van der Waals surface area contributed by atoms with Gasteiger partial charge in [-0.25, -0.2) is 0 Å². The van der Waals surface area contributed by atoms with Crippen molar-refractivity contribution in [3.05, 3.63) is 11.9 Å². The minimum absolute atomic E-state index is 0.338. The maximum atomic E-state index is 5.91. The van der Waals surface area contributed by atoms with Gasteiger partial charge in [0.2, 0.25) is 0 Å². The van der Waals surface area contributed by atoms with Crippen molar-refractivity contribution < 1.29 is 0 Å². The molecule has 1 aromatic heterocycles. The fourth-order valence-electron chi connectivity index (χ4n) is 1.92. The first-order valence-electron chi connectivity index (χ1n) is 5.07. The molecule has 1 fully saturated rings. The maximum absolute atomic E-state index is 5.91. The van der Waals surface area contributed by atoms with E-state index < -0.39 is 0 Å². The van der Waals surface area contributed by atoms with Gasteiger partial charge in [0.25, 0.3) is 0 Å². The molecule has 0 unspecified atom stereocenters. The van der Waals surface area contributed by atoms with Crippen LogP contribution in [-0.4, -0.2) is 39.0 Å². The van der Waals surface area contributed by atoms with E-state index in [2.05, 4.69) is 15.2 Å². The molecule has 0 aliphatic carbocycles. The quantitative estimate of drug-likeness (QED) is 0.706. The molecule has 1 aliphatic heterocycles. The van der Waals surface area contributed by atoms with Gasteiger partial charge in [0.1, 0.15) is 0 Å². The lowest BCUT2D eigenvalue weighted by Crippen LogP contribution is -2.42. The molecule has 0 amide bonds. The molecule has 0 saturated carbocycles. The monoisotopic (exact) mass is 195 g/mol. The van der Waals surface area contributed by atoms with Crippen molar-refractivity contribution in [2.75, 3.05) is 13.1 Å². The summed E-state index contributed by atoms with van der Waals surface area (Å²) in [6.07, 6.45) is 4.17. The van der Waals surface area contributed by atoms with Crippen LogP contribution in [0.4, 0.5) is 0 Å². The van der Waals surface area contributed by atoms with Crippen molar-refractivity contribution in [1.29, 1.82) is 0 Å². The number of hydrogen-bond acceptors (Lipinski definition) is 4. The molecule has 0 bridgehead atoms. The second kappa shape index (κ2) is 4.06. The molecule has 1 saturated heterocycles. The first-order valence-corrected chi connectivity index (χ1v) is 5.07. The summed E-state index contributed by atoms with van der Waals surface area (Å²) < 4.78 is 1.82. The Hall–Kier alpha value is -0.940. The number of nitrogens with two attached hydrogens (primary N) is 1. The second-order valence-electron chi connectivity index (χ2n) is 3.99. The summed E-state index contributed by atoms with van der Waals surface area (Å²) in [5.41, 5.74) is 7.06. The van der Waals surface area contributed by atoms with Crippen molar-refractivity contribution in [2.24, 2.45) is 12.8 Å². The summed E-state index contributed by atoms with van der Waals surface area (Å²) >= 11 is 0. The van der Waals surface area contributed by atoms with E-state index >= 15 is 0 Å². The normalized spacial score (nSPS) is 24.0. The molecular formula is C9H17N5. The van der Waals surface area contributed by atoms with Gasteiger partial charge < -0.3 is 5.73 Å². The van der Waals surface area contributed by atoms with Gasteiger partial charge in [0, 0.05) is 26.2 Å². The van der Waals surface area contributed by atoms with E-state index in [1.54, 1.807) is 0 Å². The lowest BCUT2D eigenvalue weighted by atomic mass is 10.1. The predicted molar refractivity (Wildman–Crippen MR) is 53.5 cm³/mol. The number of aryl methyl sites for hydroxylation is 1. The van der Waals surface area contributed by atoms with Gasteiger partial charge in [0.05, 0.1) is 11.9 Å². The Morgan fingerprint density at radius 3 is 3.14 bits per heavy atom. The van der Waals surface area contributed by atoms with Gasteiger partial charge in [-0.1, -0.05) is 5.21 Å². The minimum atomic E-state index is 0.338. The molecule has 1 atom stereocenters. The molecule has 0 spiro atoms. The zero-order valence-electron chi connectivity index (χ0n) is 8.56. The molecule has 2 rings (SSSR count). The van der Waals surface area contributed by atoms with E-state index in [9.17, 15) is 0 Å². The fourth-order valence-corrected chi connectivity index (χ4v) is 1.92. The van der Waals surface area contributed by atoms with E-state index in [4.69, 9.17) is 5.73 Å². The Morgan fingerprint density at radius 1 is 1.64 bits per heavy atom. The standard InChI is InChI=1S/C9H17N5/c1-13-9(5-11-12-13)7-14-4-2-3-8(10)6-14/h5,8H,2-4,6-7,10H2,1H3/t8-/m1/s1. The molecule has 1 aromatic rings. The zero-order chi connectivity index (χ0) is 9.97. The van der Waals surface area contributed by atoms with Crippen molar-refractivity contribution >= 4 is 0 Å². The second-order valence-corrected chi connectivity index (χ2v) is 3.99. The van der Waals surface area contributed by atoms with Crippen LogP contribution >= 0.6 is 0 Å². The summed E-state index contributed by atoms with van der Waals surface area (Å²) in [6, 6.07) is 0.338. The number of hydrogen-bond donors (Lipinski definition) is 1. The molecule has 2 heterocycles. The summed E-state index contributed by atoms with van der Waals surface area (Å²) in [6.45, 7) is 3.04. The van der Waals surface area contributed by atoms with Crippen molar-refractivity contribution in [3.63, 3.8) is 0 Å². The van der Waals surface area contributed by atoms with Crippen LogP contribution in [0.1, 0.15) is 18.5 Å². The summed E-state index contributed by atoms with van der Waals surface area (Å²) in [5, 5.41) is 7.77. The van der Waals surface area contributed by atoms with E-state index in [-0.39, 0.29) is 0 Å². The van der Waals surface area contributed by atoms with Gasteiger partial charge in [-0.2, -0.15) is 0 Å². The third-order valence-corrected chi connectivity index (χ3v) is 2.74. The van der Waals surface area contributed by atoms with Crippen LogP contribution in [0.15, 0.2) is 6.20 Å². The highest BCUT2D eigenvalue weighted by Gasteiger charge is 2.17. The fraction of sp³-hybridized carbons (Fsp3) is 0.778. The zero-order valence-corrected chi connectivity index (χ0v) is 8.56. The smallest absolute Gasteiger partial charge is 0.0738 e. The number of nitrogens with zero attached hydrogens (tertiary/aromatic N) is 4. The third-order valence-electron chi connectivity index (χ3n) is 2.74. The highest BCUT2D eigenvalue weighted by Crippen LogP contribution is 2.11. The minimum Gasteiger partial charge on any atom is -0.327 e. The van der Waals surface area contributed by atoms with E-state index in [0.717, 1.165) is 31.7 Å². The summed E-state index contributed by atoms with van der Waals surface area (Å²) in [4.78, 5) is 2.37. The van der Waals surface area contributed by atoms with Gasteiger partial charge in [0.15, 0.2) is 0 Å². The van der Waals surface area contributed by atoms with Gasteiger partial charge >= 0.3 is 0 Å². The van der Waals surface area contributed by atoms with E-state index in [1.807, 2.05) is 17.9 Å². The van der Waals surface area contributed by atoms with Gasteiger partial charge in [-0.3, -0.25) is 9.58 Å². The molecule has 14 heavy (non-hydrogen) atoms. The van der Waals surface area contributed by atoms with Crippen molar-refractivity contribution in [1.82, 2.24) is 19.9 Å². The number of piperidine rings is 1. The highest BCUT2D eigenvalue weighted by atomic mass is 15.4. The van der Waals surface area contributed by atoms with Crippen molar-refractivity contribution in [2.45, 2.75) is 25.4 Å². The lowest BCUT2D eigenvalue weighted by molar-refractivity contribution is 0.197. The van der Waals surface area contributed by atoms with Gasteiger partial charge in [-0.05, 0) is 19.4 Å². The average Bonchev–Trinajstić information content (AvgIpc) is 2.52. The molecular weight excluding hydrogens is 178 g/mol. The SMILES string of the molecule is Cn1nncc1CN1CCC[C@@H](N)C1. The van der Waals surface area contributed by atoms with E-state index in [1.165, 1.54) is 6.42 Å². The molecule has 5 heteroatoms. The van der Waals surface area contributed by atoms with Crippen LogP contribution in [0, 0.1) is 0 Å². The van der Waals surface area contributed by atoms with Crippen LogP contribution in [-0.2, 0) is 13.6 Å². The number of rotatable bonds is 2. The van der Waals surface area contributed by atoms with Crippen LogP contribution in [0.3, 0.4) is 0 Å². The Balaban J connectivity index is 1.94. The molecule has 5 nitrogen and oxygen atoms in total. The Kier molecular flexibility index (Phi) is 2.79. The van der Waals surface area contributed by atoms with Crippen LogP contribution in [0.2, 0.25) is 0 Å². The molecule has 0 radical (unpaired) electrons. The van der Waals surface area contributed by atoms with E-state index in [0.29, 0.717) is 6.04 Å². The maximum Gasteiger partial charge on any atom is 0.0738 e. The predicted octanol–water partition coefficient (Wildman–Crippen LogP) is -0.262. The number of likely N-dealkylation sites (tertiary alicyclic amines) is 1. The summed E-state index contributed by atoms with van der Waals surface area (Å²) in [5.74, 6) is 0. The van der Waals surface area contributed by atoms with Crippen LogP contribution < -0.4 is 5.73 Å². The lowest BCUT2D eigenvalue weighted by Gasteiger charge is -2.30. The first-order chi connectivity index (χ1) is 6.75. The van der Waals surface area contributed by atoms with Crippen molar-refractivity contribution in [3.8, 4) is 0 Å². The molecule has 1 aliphatic rings. The van der Waals surface area contributed by atoms with Crippen LogP contribution in [0.25, 0.3) is 0 Å². The Morgan fingerprint density at radius 2 is 2.50 bits per heavy atom.